The van der Waals surface area contributed by atoms with Gasteiger partial charge >= 0.3 is 0 Å². The molecule has 0 aromatic heterocycles. The van der Waals surface area contributed by atoms with E-state index in [2.05, 4.69) is 219 Å². The van der Waals surface area contributed by atoms with Crippen molar-refractivity contribution in [3.8, 4) is 44.5 Å². The summed E-state index contributed by atoms with van der Waals surface area (Å²) in [5.74, 6) is 0.929. The maximum Gasteiger partial charge on any atom is 0.0473 e. The standard InChI is InChI=1S/C51H41N/c1-51(2)49-21-13-12-20-47(49)48-35-41(26-31-50(48)51)40-24-29-45(30-25-40)52(44-27-22-39(23-28-44)36-14-6-3-7-15-36)46-33-42(37-16-8-4-9-17-37)32-43(34-46)38-18-10-5-11-19-38/h3-35,47,49H,1-2H3. The Hall–Kier alpha value is -6.18. The number of rotatable bonds is 7. The van der Waals surface area contributed by atoms with Crippen LogP contribution in [-0.4, -0.2) is 0 Å². The fraction of sp³-hybridized carbons (Fsp3) is 0.0980. The Morgan fingerprint density at radius 1 is 0.385 bits per heavy atom. The first kappa shape index (κ1) is 31.8. The van der Waals surface area contributed by atoms with Gasteiger partial charge in [0.15, 0.2) is 0 Å². The molecule has 2 aliphatic carbocycles. The minimum Gasteiger partial charge on any atom is -0.310 e. The van der Waals surface area contributed by atoms with E-state index in [0.29, 0.717) is 11.8 Å². The van der Waals surface area contributed by atoms with Crippen molar-refractivity contribution in [2.24, 2.45) is 5.92 Å². The summed E-state index contributed by atoms with van der Waals surface area (Å²) in [4.78, 5) is 2.40. The highest BCUT2D eigenvalue weighted by atomic mass is 15.1. The van der Waals surface area contributed by atoms with Gasteiger partial charge in [0, 0.05) is 23.0 Å². The van der Waals surface area contributed by atoms with Crippen LogP contribution in [0.2, 0.25) is 0 Å². The quantitative estimate of drug-likeness (QED) is 0.164. The summed E-state index contributed by atoms with van der Waals surface area (Å²) in [5, 5.41) is 0. The highest BCUT2D eigenvalue weighted by molar-refractivity contribution is 5.86. The molecule has 0 aliphatic heterocycles. The van der Waals surface area contributed by atoms with Gasteiger partial charge in [-0.1, -0.05) is 172 Å². The molecule has 0 heterocycles. The first-order chi connectivity index (χ1) is 25.5. The summed E-state index contributed by atoms with van der Waals surface area (Å²) in [5.41, 5.74) is 16.1. The van der Waals surface area contributed by atoms with E-state index in [-0.39, 0.29) is 5.41 Å². The Kier molecular flexibility index (Phi) is 8.05. The predicted molar refractivity (Wildman–Crippen MR) is 220 cm³/mol. The third-order valence-electron chi connectivity index (χ3n) is 11.2. The second kappa shape index (κ2) is 13.2. The lowest BCUT2D eigenvalue weighted by molar-refractivity contribution is 0.394. The van der Waals surface area contributed by atoms with Gasteiger partial charge in [-0.05, 0) is 109 Å². The van der Waals surface area contributed by atoms with E-state index in [4.69, 9.17) is 0 Å². The number of hydrogen-bond acceptors (Lipinski definition) is 1. The molecule has 1 nitrogen and oxygen atoms in total. The van der Waals surface area contributed by atoms with Crippen LogP contribution in [0.4, 0.5) is 17.1 Å². The van der Waals surface area contributed by atoms with Crippen LogP contribution in [0.25, 0.3) is 44.5 Å². The lowest BCUT2D eigenvalue weighted by Gasteiger charge is -2.29. The zero-order chi connectivity index (χ0) is 35.1. The van der Waals surface area contributed by atoms with E-state index in [0.717, 1.165) is 17.1 Å². The molecule has 7 aromatic carbocycles. The zero-order valence-corrected chi connectivity index (χ0v) is 29.7. The molecule has 1 heteroatoms. The SMILES string of the molecule is CC1(C)c2ccc(-c3ccc(N(c4ccc(-c5ccccc5)cc4)c4cc(-c5ccccc5)cc(-c5ccccc5)c4)cc3)cc2C2C=CC=CC21. The number of benzene rings is 7. The third-order valence-corrected chi connectivity index (χ3v) is 11.2. The van der Waals surface area contributed by atoms with Crippen molar-refractivity contribution in [1.82, 2.24) is 0 Å². The van der Waals surface area contributed by atoms with Gasteiger partial charge in [0.25, 0.3) is 0 Å². The molecule has 0 fully saturated rings. The Morgan fingerprint density at radius 2 is 0.827 bits per heavy atom. The molecule has 250 valence electrons. The fourth-order valence-electron chi connectivity index (χ4n) is 8.40. The Balaban J connectivity index is 1.15. The number of anilines is 3. The lowest BCUT2D eigenvalue weighted by Crippen LogP contribution is -2.24. The van der Waals surface area contributed by atoms with Crippen molar-refractivity contribution in [3.05, 3.63) is 211 Å². The molecule has 2 unspecified atom stereocenters. The smallest absolute Gasteiger partial charge is 0.0473 e. The van der Waals surface area contributed by atoms with Gasteiger partial charge in [0.2, 0.25) is 0 Å². The molecule has 0 spiro atoms. The zero-order valence-electron chi connectivity index (χ0n) is 29.7. The maximum absolute atomic E-state index is 2.44. The molecule has 52 heavy (non-hydrogen) atoms. The average molecular weight is 668 g/mol. The van der Waals surface area contributed by atoms with Gasteiger partial charge in [-0.2, -0.15) is 0 Å². The second-order valence-corrected chi connectivity index (χ2v) is 14.6. The van der Waals surface area contributed by atoms with Crippen LogP contribution in [-0.2, 0) is 5.41 Å². The van der Waals surface area contributed by atoms with Crippen LogP contribution in [0.3, 0.4) is 0 Å². The molecule has 2 aliphatic rings. The summed E-state index contributed by atoms with van der Waals surface area (Å²) in [7, 11) is 0. The minimum absolute atomic E-state index is 0.118. The van der Waals surface area contributed by atoms with E-state index >= 15 is 0 Å². The summed E-state index contributed by atoms with van der Waals surface area (Å²) in [6, 6.07) is 64.2. The summed E-state index contributed by atoms with van der Waals surface area (Å²) in [6.45, 7) is 4.79. The van der Waals surface area contributed by atoms with Crippen LogP contribution in [0.15, 0.2) is 200 Å². The number of fused-ring (bicyclic) bond motifs is 3. The van der Waals surface area contributed by atoms with Crippen LogP contribution in [0.5, 0.6) is 0 Å². The summed E-state index contributed by atoms with van der Waals surface area (Å²) >= 11 is 0. The molecular formula is C51H41N. The topological polar surface area (TPSA) is 3.24 Å². The van der Waals surface area contributed by atoms with Gasteiger partial charge in [0.1, 0.15) is 0 Å². The highest BCUT2D eigenvalue weighted by Gasteiger charge is 2.44. The normalized spacial score (nSPS) is 16.7. The number of nitrogens with zero attached hydrogens (tertiary/aromatic N) is 1. The predicted octanol–water partition coefficient (Wildman–Crippen LogP) is 13.9. The van der Waals surface area contributed by atoms with Crippen LogP contribution < -0.4 is 4.90 Å². The molecule has 0 N–H and O–H groups in total. The van der Waals surface area contributed by atoms with Crippen molar-refractivity contribution in [1.29, 1.82) is 0 Å². The Bertz CT molecular complexity index is 2340. The molecule has 0 saturated heterocycles. The maximum atomic E-state index is 2.44. The van der Waals surface area contributed by atoms with E-state index in [1.165, 1.54) is 55.6 Å². The van der Waals surface area contributed by atoms with Crippen LogP contribution in [0.1, 0.15) is 30.9 Å². The molecule has 7 aromatic rings. The first-order valence-electron chi connectivity index (χ1n) is 18.3. The van der Waals surface area contributed by atoms with Crippen molar-refractivity contribution in [2.75, 3.05) is 4.90 Å². The molecule has 2 atom stereocenters. The molecule has 9 rings (SSSR count). The molecule has 0 radical (unpaired) electrons. The van der Waals surface area contributed by atoms with Crippen molar-refractivity contribution >= 4 is 17.1 Å². The van der Waals surface area contributed by atoms with Crippen LogP contribution >= 0.6 is 0 Å². The van der Waals surface area contributed by atoms with E-state index in [1.54, 1.807) is 0 Å². The lowest BCUT2D eigenvalue weighted by atomic mass is 9.74. The fourth-order valence-corrected chi connectivity index (χ4v) is 8.40. The summed E-state index contributed by atoms with van der Waals surface area (Å²) < 4.78 is 0. The number of allylic oxidation sites excluding steroid dienone is 4. The van der Waals surface area contributed by atoms with Gasteiger partial charge in [0.05, 0.1) is 0 Å². The van der Waals surface area contributed by atoms with Gasteiger partial charge in [-0.15, -0.1) is 0 Å². The van der Waals surface area contributed by atoms with Crippen LogP contribution in [0, 0.1) is 5.92 Å². The molecule has 0 bridgehead atoms. The second-order valence-electron chi connectivity index (χ2n) is 14.6. The van der Waals surface area contributed by atoms with E-state index in [9.17, 15) is 0 Å². The third kappa shape index (κ3) is 5.79. The Labute approximate surface area is 307 Å². The molecular weight excluding hydrogens is 627 g/mol. The minimum atomic E-state index is 0.118. The van der Waals surface area contributed by atoms with Crippen molar-refractivity contribution < 1.29 is 0 Å². The molecule has 0 saturated carbocycles. The number of hydrogen-bond donors (Lipinski definition) is 0. The molecule has 0 amide bonds. The van der Waals surface area contributed by atoms with E-state index in [1.807, 2.05) is 0 Å². The van der Waals surface area contributed by atoms with E-state index < -0.39 is 0 Å². The van der Waals surface area contributed by atoms with Crippen molar-refractivity contribution in [3.63, 3.8) is 0 Å². The summed E-state index contributed by atoms with van der Waals surface area (Å²) in [6.07, 6.45) is 9.22. The highest BCUT2D eigenvalue weighted by Crippen LogP contribution is 2.53. The Morgan fingerprint density at radius 3 is 1.37 bits per heavy atom. The van der Waals surface area contributed by atoms with Gasteiger partial charge in [-0.3, -0.25) is 0 Å². The monoisotopic (exact) mass is 667 g/mol. The largest absolute Gasteiger partial charge is 0.310 e. The average Bonchev–Trinajstić information content (AvgIpc) is 3.45. The first-order valence-corrected chi connectivity index (χ1v) is 18.3. The van der Waals surface area contributed by atoms with Gasteiger partial charge < -0.3 is 4.90 Å². The van der Waals surface area contributed by atoms with Gasteiger partial charge in [-0.25, -0.2) is 0 Å². The van der Waals surface area contributed by atoms with Crippen molar-refractivity contribution in [2.45, 2.75) is 25.2 Å².